The molecule has 0 N–H and O–H groups in total. The van der Waals surface area contributed by atoms with Gasteiger partial charge in [0.15, 0.2) is 23.0 Å². The van der Waals surface area contributed by atoms with Gasteiger partial charge in [-0.05, 0) is 41.3 Å². The highest BCUT2D eigenvalue weighted by Gasteiger charge is 2.18. The Kier molecular flexibility index (Phi) is 4.15. The van der Waals surface area contributed by atoms with E-state index >= 15 is 0 Å². The zero-order valence-electron chi connectivity index (χ0n) is 13.8. The third-order valence-corrected chi connectivity index (χ3v) is 4.13. The Bertz CT molecular complexity index is 762. The van der Waals surface area contributed by atoms with Crippen molar-refractivity contribution in [3.8, 4) is 23.0 Å². The molecule has 2 aromatic carbocycles. The van der Waals surface area contributed by atoms with Crippen LogP contribution in [0.1, 0.15) is 22.3 Å². The van der Waals surface area contributed by atoms with Crippen LogP contribution < -0.4 is 18.9 Å². The van der Waals surface area contributed by atoms with E-state index in [0.29, 0.717) is 0 Å². The van der Waals surface area contributed by atoms with Crippen molar-refractivity contribution in [1.29, 1.82) is 0 Å². The lowest BCUT2D eigenvalue weighted by atomic mass is 9.98. The largest absolute Gasteiger partial charge is 0.493 e. The van der Waals surface area contributed by atoms with Gasteiger partial charge in [0.25, 0.3) is 0 Å². The molecule has 0 heterocycles. The van der Waals surface area contributed by atoms with Gasteiger partial charge in [0, 0.05) is 5.56 Å². The predicted octanol–water partition coefficient (Wildman–Crippen LogP) is 3.80. The van der Waals surface area contributed by atoms with Crippen molar-refractivity contribution in [3.63, 3.8) is 0 Å². The van der Waals surface area contributed by atoms with E-state index in [1.54, 1.807) is 28.4 Å². The molecule has 120 valence electrons. The second kappa shape index (κ2) is 6.24. The second-order valence-corrected chi connectivity index (χ2v) is 5.29. The van der Waals surface area contributed by atoms with E-state index < -0.39 is 0 Å². The first-order valence-corrected chi connectivity index (χ1v) is 7.38. The smallest absolute Gasteiger partial charge is 0.168 e. The molecule has 1 aliphatic carbocycles. The molecule has 4 heteroatoms. The summed E-state index contributed by atoms with van der Waals surface area (Å²) in [7, 11) is 6.61. The SMILES string of the molecule is COc1cc2c(cc1OC)Cc1ccc(OC)c(OC)c1C=C2. The molecule has 0 bridgehead atoms. The highest BCUT2D eigenvalue weighted by Crippen LogP contribution is 2.40. The molecule has 0 saturated heterocycles. The molecule has 1 aliphatic rings. The van der Waals surface area contributed by atoms with E-state index in [-0.39, 0.29) is 0 Å². The number of hydrogen-bond donors (Lipinski definition) is 0. The first kappa shape index (κ1) is 15.3. The minimum Gasteiger partial charge on any atom is -0.493 e. The molecular formula is C19H20O4. The van der Waals surface area contributed by atoms with Crippen LogP contribution >= 0.6 is 0 Å². The van der Waals surface area contributed by atoms with Gasteiger partial charge >= 0.3 is 0 Å². The van der Waals surface area contributed by atoms with Gasteiger partial charge in [-0.25, -0.2) is 0 Å². The fraction of sp³-hybridized carbons (Fsp3) is 0.263. The van der Waals surface area contributed by atoms with Gasteiger partial charge in [-0.3, -0.25) is 0 Å². The summed E-state index contributed by atoms with van der Waals surface area (Å²) in [6.07, 6.45) is 4.93. The number of rotatable bonds is 4. The minimum atomic E-state index is 0.728. The van der Waals surface area contributed by atoms with Crippen LogP contribution in [0.2, 0.25) is 0 Å². The highest BCUT2D eigenvalue weighted by molar-refractivity contribution is 5.80. The quantitative estimate of drug-likeness (QED) is 0.734. The molecule has 0 atom stereocenters. The van der Waals surface area contributed by atoms with E-state index in [1.165, 1.54) is 11.1 Å². The third kappa shape index (κ3) is 2.61. The van der Waals surface area contributed by atoms with E-state index in [1.807, 2.05) is 18.2 Å². The van der Waals surface area contributed by atoms with Crippen molar-refractivity contribution in [2.75, 3.05) is 28.4 Å². The summed E-state index contributed by atoms with van der Waals surface area (Å²) in [4.78, 5) is 0. The van der Waals surface area contributed by atoms with E-state index in [2.05, 4.69) is 18.2 Å². The van der Waals surface area contributed by atoms with Gasteiger partial charge in [-0.1, -0.05) is 18.2 Å². The van der Waals surface area contributed by atoms with E-state index in [9.17, 15) is 0 Å². The number of ether oxygens (including phenoxy) is 4. The van der Waals surface area contributed by atoms with Crippen LogP contribution in [0.3, 0.4) is 0 Å². The van der Waals surface area contributed by atoms with Crippen molar-refractivity contribution < 1.29 is 18.9 Å². The summed E-state index contributed by atoms with van der Waals surface area (Å²) >= 11 is 0. The summed E-state index contributed by atoms with van der Waals surface area (Å²) in [6, 6.07) is 8.05. The molecule has 0 radical (unpaired) electrons. The summed E-state index contributed by atoms with van der Waals surface area (Å²) in [5, 5.41) is 0. The fourth-order valence-electron chi connectivity index (χ4n) is 2.95. The van der Waals surface area contributed by atoms with Crippen molar-refractivity contribution in [2.24, 2.45) is 0 Å². The Morgan fingerprint density at radius 3 is 2.04 bits per heavy atom. The molecule has 0 spiro atoms. The molecule has 0 unspecified atom stereocenters. The molecule has 23 heavy (non-hydrogen) atoms. The van der Waals surface area contributed by atoms with Gasteiger partial charge in [0.05, 0.1) is 28.4 Å². The Hall–Kier alpha value is -2.62. The molecule has 4 nitrogen and oxygen atoms in total. The second-order valence-electron chi connectivity index (χ2n) is 5.29. The van der Waals surface area contributed by atoms with Crippen LogP contribution in [0.4, 0.5) is 0 Å². The van der Waals surface area contributed by atoms with Crippen LogP contribution in [-0.4, -0.2) is 28.4 Å². The molecular weight excluding hydrogens is 292 g/mol. The van der Waals surface area contributed by atoms with Crippen LogP contribution in [0, 0.1) is 0 Å². The Balaban J connectivity index is 2.15. The summed E-state index contributed by atoms with van der Waals surface area (Å²) in [6.45, 7) is 0. The fourth-order valence-corrected chi connectivity index (χ4v) is 2.95. The number of fused-ring (bicyclic) bond motifs is 2. The predicted molar refractivity (Wildman–Crippen MR) is 90.8 cm³/mol. The Labute approximate surface area is 136 Å². The maximum atomic E-state index is 5.55. The van der Waals surface area contributed by atoms with Crippen molar-refractivity contribution in [1.82, 2.24) is 0 Å². The highest BCUT2D eigenvalue weighted by atomic mass is 16.5. The van der Waals surface area contributed by atoms with Gasteiger partial charge in [-0.15, -0.1) is 0 Å². The van der Waals surface area contributed by atoms with Gasteiger partial charge in [0.1, 0.15) is 0 Å². The monoisotopic (exact) mass is 312 g/mol. The number of benzene rings is 2. The molecule has 0 amide bonds. The average Bonchev–Trinajstić information content (AvgIpc) is 2.77. The van der Waals surface area contributed by atoms with Crippen LogP contribution in [0.25, 0.3) is 12.2 Å². The minimum absolute atomic E-state index is 0.728. The summed E-state index contributed by atoms with van der Waals surface area (Å²) in [5.74, 6) is 2.96. The third-order valence-electron chi connectivity index (χ3n) is 4.13. The van der Waals surface area contributed by atoms with Gasteiger partial charge < -0.3 is 18.9 Å². The van der Waals surface area contributed by atoms with Crippen LogP contribution in [0.15, 0.2) is 24.3 Å². The lowest BCUT2D eigenvalue weighted by molar-refractivity contribution is 0.354. The molecule has 3 rings (SSSR count). The molecule has 0 aliphatic heterocycles. The lowest BCUT2D eigenvalue weighted by Gasteiger charge is -2.14. The van der Waals surface area contributed by atoms with Crippen LogP contribution in [-0.2, 0) is 6.42 Å². The normalized spacial score (nSPS) is 12.0. The maximum absolute atomic E-state index is 5.55. The van der Waals surface area contributed by atoms with Crippen molar-refractivity contribution >= 4 is 12.2 Å². The Morgan fingerprint density at radius 1 is 0.696 bits per heavy atom. The van der Waals surface area contributed by atoms with Crippen molar-refractivity contribution in [3.05, 3.63) is 46.5 Å². The summed E-state index contributed by atoms with van der Waals surface area (Å²) < 4.78 is 21.8. The lowest BCUT2D eigenvalue weighted by Crippen LogP contribution is -1.99. The molecule has 0 aromatic heterocycles. The first-order chi connectivity index (χ1) is 11.2. The van der Waals surface area contributed by atoms with Crippen molar-refractivity contribution in [2.45, 2.75) is 6.42 Å². The zero-order valence-corrected chi connectivity index (χ0v) is 13.8. The first-order valence-electron chi connectivity index (χ1n) is 7.38. The Morgan fingerprint density at radius 2 is 1.39 bits per heavy atom. The van der Waals surface area contributed by atoms with Crippen LogP contribution in [0.5, 0.6) is 23.0 Å². The van der Waals surface area contributed by atoms with Gasteiger partial charge in [-0.2, -0.15) is 0 Å². The number of hydrogen-bond acceptors (Lipinski definition) is 4. The van der Waals surface area contributed by atoms with Gasteiger partial charge in [0.2, 0.25) is 0 Å². The van der Waals surface area contributed by atoms with E-state index in [0.717, 1.165) is 40.5 Å². The molecule has 0 saturated carbocycles. The topological polar surface area (TPSA) is 36.9 Å². The summed E-state index contributed by atoms with van der Waals surface area (Å²) in [5.41, 5.74) is 4.52. The number of methoxy groups -OCH3 is 4. The zero-order chi connectivity index (χ0) is 16.4. The molecule has 0 fully saturated rings. The maximum Gasteiger partial charge on any atom is 0.168 e. The standard InChI is InChI=1S/C19H20O4/c1-20-16-8-6-13-9-14-11-18(22-3)17(21-2)10-12(14)5-7-15(13)19(16)23-4/h5-8,10-11H,9H2,1-4H3. The molecule has 2 aromatic rings. The average molecular weight is 312 g/mol. The van der Waals surface area contributed by atoms with E-state index in [4.69, 9.17) is 18.9 Å².